The Kier molecular flexibility index (Phi) is 2.75. The number of hydrogen-bond acceptors (Lipinski definition) is 2. The highest BCUT2D eigenvalue weighted by Crippen LogP contribution is 2.20. The molecular weight excluding hydrogens is 190 g/mol. The summed E-state index contributed by atoms with van der Waals surface area (Å²) in [4.78, 5) is 13.9. The van der Waals surface area contributed by atoms with Gasteiger partial charge < -0.3 is 4.90 Å². The van der Waals surface area contributed by atoms with Gasteiger partial charge in [0.25, 0.3) is 5.91 Å². The van der Waals surface area contributed by atoms with Gasteiger partial charge in [-0.2, -0.15) is 5.10 Å². The minimum absolute atomic E-state index is 0.0651. The van der Waals surface area contributed by atoms with Crippen molar-refractivity contribution in [2.45, 2.75) is 26.7 Å². The van der Waals surface area contributed by atoms with E-state index in [9.17, 15) is 4.79 Å². The van der Waals surface area contributed by atoms with Crippen molar-refractivity contribution in [3.8, 4) is 0 Å². The summed E-state index contributed by atoms with van der Waals surface area (Å²) < 4.78 is 0. The van der Waals surface area contributed by atoms with Crippen molar-refractivity contribution >= 4 is 5.91 Å². The number of aromatic amines is 1. The fourth-order valence-corrected chi connectivity index (χ4v) is 2.04. The third kappa shape index (κ3) is 2.03. The van der Waals surface area contributed by atoms with Crippen LogP contribution in [-0.2, 0) is 0 Å². The van der Waals surface area contributed by atoms with Gasteiger partial charge in [0.2, 0.25) is 0 Å². The molecule has 0 saturated carbocycles. The smallest absolute Gasteiger partial charge is 0.274 e. The van der Waals surface area contributed by atoms with E-state index in [0.717, 1.165) is 31.6 Å². The first-order chi connectivity index (χ1) is 7.20. The molecule has 0 spiro atoms. The fraction of sp³-hybridized carbons (Fsp3) is 0.636. The average Bonchev–Trinajstić information content (AvgIpc) is 2.84. The number of likely N-dealkylation sites (tertiary alicyclic amines) is 1. The Hall–Kier alpha value is -1.32. The summed E-state index contributed by atoms with van der Waals surface area (Å²) in [5.41, 5.74) is 1.48. The lowest BCUT2D eigenvalue weighted by atomic mass is 10.1. The lowest BCUT2D eigenvalue weighted by molar-refractivity contribution is 0.0781. The number of H-pyrrole nitrogens is 1. The average molecular weight is 207 g/mol. The van der Waals surface area contributed by atoms with E-state index in [4.69, 9.17) is 0 Å². The number of amides is 1. The molecule has 82 valence electrons. The van der Waals surface area contributed by atoms with E-state index in [-0.39, 0.29) is 5.91 Å². The number of aromatic nitrogens is 2. The maximum atomic E-state index is 12.0. The molecule has 1 N–H and O–H groups in total. The summed E-state index contributed by atoms with van der Waals surface area (Å²) in [6.45, 7) is 5.85. The first-order valence-electron chi connectivity index (χ1n) is 5.52. The molecule has 1 aromatic heterocycles. The van der Waals surface area contributed by atoms with Crippen molar-refractivity contribution < 1.29 is 4.79 Å². The largest absolute Gasteiger partial charge is 0.337 e. The molecule has 1 aromatic rings. The van der Waals surface area contributed by atoms with E-state index < -0.39 is 0 Å². The molecule has 1 atom stereocenters. The van der Waals surface area contributed by atoms with Crippen LogP contribution in [0, 0.1) is 12.8 Å². The molecule has 2 rings (SSSR count). The molecule has 4 nitrogen and oxygen atoms in total. The Morgan fingerprint density at radius 2 is 2.53 bits per heavy atom. The number of hydrogen-bond donors (Lipinski definition) is 1. The lowest BCUT2D eigenvalue weighted by Gasteiger charge is -2.14. The van der Waals surface area contributed by atoms with Crippen LogP contribution in [0.15, 0.2) is 6.07 Å². The van der Waals surface area contributed by atoms with Crippen LogP contribution in [0.25, 0.3) is 0 Å². The number of rotatable bonds is 2. The Morgan fingerprint density at radius 3 is 3.07 bits per heavy atom. The molecule has 0 aliphatic carbocycles. The first-order valence-corrected chi connectivity index (χ1v) is 5.52. The van der Waals surface area contributed by atoms with Gasteiger partial charge in [0.1, 0.15) is 5.69 Å². The van der Waals surface area contributed by atoms with Gasteiger partial charge in [0.05, 0.1) is 0 Å². The number of aryl methyl sites for hydroxylation is 1. The van der Waals surface area contributed by atoms with Crippen molar-refractivity contribution in [1.29, 1.82) is 0 Å². The molecule has 2 heterocycles. The van der Waals surface area contributed by atoms with Crippen LogP contribution >= 0.6 is 0 Å². The third-order valence-electron chi connectivity index (χ3n) is 3.08. The monoisotopic (exact) mass is 207 g/mol. The summed E-state index contributed by atoms with van der Waals surface area (Å²) in [7, 11) is 0. The Morgan fingerprint density at radius 1 is 1.73 bits per heavy atom. The standard InChI is InChI=1S/C11H17N3O/c1-3-9-4-5-14(7-9)11(15)10-6-8(2)12-13-10/h6,9H,3-5,7H2,1-2H3,(H,12,13). The van der Waals surface area contributed by atoms with Crippen LogP contribution in [0.1, 0.15) is 35.9 Å². The minimum atomic E-state index is 0.0651. The van der Waals surface area contributed by atoms with Crippen molar-refractivity contribution in [2.24, 2.45) is 5.92 Å². The third-order valence-corrected chi connectivity index (χ3v) is 3.08. The van der Waals surface area contributed by atoms with Crippen LogP contribution in [0.4, 0.5) is 0 Å². The van der Waals surface area contributed by atoms with Crippen molar-refractivity contribution in [1.82, 2.24) is 15.1 Å². The second kappa shape index (κ2) is 4.04. The predicted octanol–water partition coefficient (Wildman–Crippen LogP) is 1.59. The molecule has 1 aliphatic rings. The molecular formula is C11H17N3O. The topological polar surface area (TPSA) is 49.0 Å². The molecule has 15 heavy (non-hydrogen) atoms. The van der Waals surface area contributed by atoms with Gasteiger partial charge in [0.15, 0.2) is 0 Å². The Balaban J connectivity index is 2.03. The highest BCUT2D eigenvalue weighted by molar-refractivity contribution is 5.92. The zero-order chi connectivity index (χ0) is 10.8. The normalized spacial score (nSPS) is 20.9. The van der Waals surface area contributed by atoms with Gasteiger partial charge in [-0.25, -0.2) is 0 Å². The molecule has 0 bridgehead atoms. The van der Waals surface area contributed by atoms with Gasteiger partial charge in [-0.3, -0.25) is 9.89 Å². The first kappa shape index (κ1) is 10.2. The van der Waals surface area contributed by atoms with Crippen molar-refractivity contribution in [3.63, 3.8) is 0 Å². The summed E-state index contributed by atoms with van der Waals surface area (Å²) in [6.07, 6.45) is 2.29. The fourth-order valence-electron chi connectivity index (χ4n) is 2.04. The zero-order valence-electron chi connectivity index (χ0n) is 9.29. The molecule has 4 heteroatoms. The maximum absolute atomic E-state index is 12.0. The molecule has 1 unspecified atom stereocenters. The van der Waals surface area contributed by atoms with Crippen LogP contribution < -0.4 is 0 Å². The van der Waals surface area contributed by atoms with E-state index in [0.29, 0.717) is 11.6 Å². The number of nitrogens with one attached hydrogen (secondary N) is 1. The number of carbonyl (C=O) groups is 1. The Bertz CT molecular complexity index is 358. The van der Waals surface area contributed by atoms with Gasteiger partial charge in [-0.15, -0.1) is 0 Å². The summed E-state index contributed by atoms with van der Waals surface area (Å²) in [5, 5.41) is 6.80. The summed E-state index contributed by atoms with van der Waals surface area (Å²) >= 11 is 0. The summed E-state index contributed by atoms with van der Waals surface area (Å²) in [5.74, 6) is 0.740. The van der Waals surface area contributed by atoms with Gasteiger partial charge in [-0.1, -0.05) is 13.3 Å². The van der Waals surface area contributed by atoms with Crippen molar-refractivity contribution in [3.05, 3.63) is 17.5 Å². The van der Waals surface area contributed by atoms with E-state index >= 15 is 0 Å². The molecule has 1 aliphatic heterocycles. The van der Waals surface area contributed by atoms with Crippen LogP contribution in [0.5, 0.6) is 0 Å². The number of nitrogens with zero attached hydrogens (tertiary/aromatic N) is 2. The molecule has 1 fully saturated rings. The van der Waals surface area contributed by atoms with E-state index in [1.807, 2.05) is 17.9 Å². The molecule has 0 aromatic carbocycles. The van der Waals surface area contributed by atoms with E-state index in [1.54, 1.807) is 0 Å². The number of carbonyl (C=O) groups excluding carboxylic acids is 1. The highest BCUT2D eigenvalue weighted by Gasteiger charge is 2.26. The SMILES string of the molecule is CCC1CCN(C(=O)c2cc(C)[nH]n2)C1. The van der Waals surface area contributed by atoms with Gasteiger partial charge >= 0.3 is 0 Å². The van der Waals surface area contributed by atoms with Gasteiger partial charge in [-0.05, 0) is 25.3 Å². The molecule has 1 saturated heterocycles. The zero-order valence-corrected chi connectivity index (χ0v) is 9.29. The second-order valence-electron chi connectivity index (χ2n) is 4.25. The van der Waals surface area contributed by atoms with Gasteiger partial charge in [0, 0.05) is 18.8 Å². The van der Waals surface area contributed by atoms with Crippen LogP contribution in [0.2, 0.25) is 0 Å². The molecule has 1 amide bonds. The molecule has 0 radical (unpaired) electrons. The Labute approximate surface area is 89.7 Å². The minimum Gasteiger partial charge on any atom is -0.337 e. The maximum Gasteiger partial charge on any atom is 0.274 e. The van der Waals surface area contributed by atoms with Crippen LogP contribution in [0.3, 0.4) is 0 Å². The predicted molar refractivity (Wildman–Crippen MR) is 57.6 cm³/mol. The van der Waals surface area contributed by atoms with Crippen molar-refractivity contribution in [2.75, 3.05) is 13.1 Å². The van der Waals surface area contributed by atoms with Crippen LogP contribution in [-0.4, -0.2) is 34.1 Å². The highest BCUT2D eigenvalue weighted by atomic mass is 16.2. The quantitative estimate of drug-likeness (QED) is 0.800. The second-order valence-corrected chi connectivity index (χ2v) is 4.25. The van der Waals surface area contributed by atoms with E-state index in [2.05, 4.69) is 17.1 Å². The van der Waals surface area contributed by atoms with E-state index in [1.165, 1.54) is 0 Å². The lowest BCUT2D eigenvalue weighted by Crippen LogP contribution is -2.28. The summed E-state index contributed by atoms with van der Waals surface area (Å²) in [6, 6.07) is 1.81.